The molecule has 0 saturated carbocycles. The van der Waals surface area contributed by atoms with E-state index in [1.54, 1.807) is 43.5 Å². The molecular formula is C21H28F2IN3O3. The first-order chi connectivity index (χ1) is 13.9. The minimum Gasteiger partial charge on any atom is -0.497 e. The van der Waals surface area contributed by atoms with E-state index in [1.807, 2.05) is 13.8 Å². The molecule has 0 spiro atoms. The molecule has 30 heavy (non-hydrogen) atoms. The van der Waals surface area contributed by atoms with Gasteiger partial charge in [0.25, 0.3) is 0 Å². The van der Waals surface area contributed by atoms with Gasteiger partial charge >= 0.3 is 6.61 Å². The molecule has 1 atom stereocenters. The Hall–Kier alpha value is -2.14. The van der Waals surface area contributed by atoms with Crippen LogP contribution in [0.25, 0.3) is 0 Å². The first kappa shape index (κ1) is 25.9. The zero-order valence-corrected chi connectivity index (χ0v) is 19.5. The van der Waals surface area contributed by atoms with Gasteiger partial charge in [0.05, 0.1) is 19.8 Å². The summed E-state index contributed by atoms with van der Waals surface area (Å²) in [6.07, 6.45) is -0.749. The predicted molar refractivity (Wildman–Crippen MR) is 124 cm³/mol. The molecule has 2 rings (SSSR count). The van der Waals surface area contributed by atoms with Gasteiger partial charge in [0.1, 0.15) is 11.5 Å². The van der Waals surface area contributed by atoms with Crippen LogP contribution in [-0.4, -0.2) is 37.9 Å². The number of methoxy groups -OCH3 is 1. The van der Waals surface area contributed by atoms with Crippen LogP contribution in [0.4, 0.5) is 8.78 Å². The van der Waals surface area contributed by atoms with Crippen molar-refractivity contribution in [2.24, 2.45) is 4.99 Å². The maximum Gasteiger partial charge on any atom is 0.387 e. The number of hydrogen-bond donors (Lipinski definition) is 3. The van der Waals surface area contributed by atoms with Gasteiger partial charge in [-0.25, -0.2) is 4.99 Å². The van der Waals surface area contributed by atoms with Crippen LogP contribution in [0.15, 0.2) is 47.5 Å². The van der Waals surface area contributed by atoms with Gasteiger partial charge in [0.15, 0.2) is 5.96 Å². The van der Waals surface area contributed by atoms with Crippen LogP contribution in [0.3, 0.4) is 0 Å². The Labute approximate surface area is 192 Å². The number of aryl methyl sites for hydroxylation is 1. The first-order valence-corrected chi connectivity index (χ1v) is 9.31. The van der Waals surface area contributed by atoms with Gasteiger partial charge in [-0.05, 0) is 37.6 Å². The largest absolute Gasteiger partial charge is 0.497 e. The van der Waals surface area contributed by atoms with Crippen molar-refractivity contribution >= 4 is 29.9 Å². The number of benzene rings is 2. The van der Waals surface area contributed by atoms with Crippen molar-refractivity contribution in [3.63, 3.8) is 0 Å². The third-order valence-electron chi connectivity index (χ3n) is 4.15. The molecule has 6 nitrogen and oxygen atoms in total. The number of aliphatic hydroxyl groups is 1. The lowest BCUT2D eigenvalue weighted by molar-refractivity contribution is -0.0504. The summed E-state index contributed by atoms with van der Waals surface area (Å²) in [6, 6.07) is 12.1. The van der Waals surface area contributed by atoms with Crippen LogP contribution in [-0.2, 0) is 6.54 Å². The highest BCUT2D eigenvalue weighted by atomic mass is 127. The van der Waals surface area contributed by atoms with Crippen molar-refractivity contribution in [3.05, 3.63) is 59.2 Å². The maximum absolute atomic E-state index is 12.6. The van der Waals surface area contributed by atoms with Gasteiger partial charge in [-0.3, -0.25) is 0 Å². The fourth-order valence-corrected chi connectivity index (χ4v) is 2.69. The Morgan fingerprint density at radius 2 is 1.83 bits per heavy atom. The number of nitrogens with zero attached hydrogens (tertiary/aromatic N) is 1. The van der Waals surface area contributed by atoms with Gasteiger partial charge in [-0.15, -0.1) is 24.0 Å². The standard InChI is InChI=1S/C21H27F2N3O3.HI/c1-4-24-21(26-13-18(27)15-6-8-17(28-3)9-7-15)25-12-16-11-14(2)5-10-19(16)29-20(22)23;/h5-11,18,20,27H,4,12-13H2,1-3H3,(H2,24,25,26);1H. The number of aliphatic imine (C=N–C) groups is 1. The van der Waals surface area contributed by atoms with Crippen molar-refractivity contribution in [3.8, 4) is 11.5 Å². The molecule has 0 fully saturated rings. The highest BCUT2D eigenvalue weighted by Gasteiger charge is 2.11. The summed E-state index contributed by atoms with van der Waals surface area (Å²) in [7, 11) is 1.58. The van der Waals surface area contributed by atoms with E-state index in [-0.39, 0.29) is 42.8 Å². The molecule has 0 amide bonds. The number of nitrogens with one attached hydrogen (secondary N) is 2. The van der Waals surface area contributed by atoms with E-state index in [1.165, 1.54) is 6.07 Å². The van der Waals surface area contributed by atoms with Gasteiger partial charge in [0.2, 0.25) is 0 Å². The van der Waals surface area contributed by atoms with Gasteiger partial charge in [-0.2, -0.15) is 8.78 Å². The number of guanidine groups is 1. The van der Waals surface area contributed by atoms with Crippen molar-refractivity contribution in [1.82, 2.24) is 10.6 Å². The van der Waals surface area contributed by atoms with E-state index < -0.39 is 12.7 Å². The van der Waals surface area contributed by atoms with Crippen LogP contribution >= 0.6 is 24.0 Å². The summed E-state index contributed by atoms with van der Waals surface area (Å²) in [5.41, 5.74) is 2.21. The third-order valence-corrected chi connectivity index (χ3v) is 4.15. The molecule has 0 saturated heterocycles. The number of alkyl halides is 2. The van der Waals surface area contributed by atoms with Gasteiger partial charge < -0.3 is 25.2 Å². The average molecular weight is 535 g/mol. The second-order valence-electron chi connectivity index (χ2n) is 6.35. The molecule has 2 aromatic rings. The number of hydrogen-bond acceptors (Lipinski definition) is 4. The second-order valence-corrected chi connectivity index (χ2v) is 6.35. The number of ether oxygens (including phenoxy) is 2. The molecule has 2 aromatic carbocycles. The Morgan fingerprint density at radius 3 is 2.43 bits per heavy atom. The summed E-state index contributed by atoms with van der Waals surface area (Å²) in [6.45, 7) is 1.87. The van der Waals surface area contributed by atoms with Crippen molar-refractivity contribution in [2.75, 3.05) is 20.2 Å². The molecule has 1 unspecified atom stereocenters. The Balaban J connectivity index is 0.00000450. The topological polar surface area (TPSA) is 75.1 Å². The molecule has 3 N–H and O–H groups in total. The van der Waals surface area contributed by atoms with Gasteiger partial charge in [0, 0.05) is 18.7 Å². The fourth-order valence-electron chi connectivity index (χ4n) is 2.69. The van der Waals surface area contributed by atoms with E-state index in [0.29, 0.717) is 23.8 Å². The molecule has 0 aliphatic carbocycles. The van der Waals surface area contributed by atoms with Crippen LogP contribution in [0.1, 0.15) is 29.7 Å². The molecule has 0 aromatic heterocycles. The summed E-state index contributed by atoms with van der Waals surface area (Å²) >= 11 is 0. The Bertz CT molecular complexity index is 805. The average Bonchev–Trinajstić information content (AvgIpc) is 2.71. The lowest BCUT2D eigenvalue weighted by Gasteiger charge is -2.16. The van der Waals surface area contributed by atoms with Crippen molar-refractivity contribution in [1.29, 1.82) is 0 Å². The van der Waals surface area contributed by atoms with Crippen LogP contribution in [0, 0.1) is 6.92 Å². The molecule has 0 bridgehead atoms. The van der Waals surface area contributed by atoms with E-state index >= 15 is 0 Å². The van der Waals surface area contributed by atoms with E-state index in [4.69, 9.17) is 4.74 Å². The minimum absolute atomic E-state index is 0. The first-order valence-electron chi connectivity index (χ1n) is 9.31. The molecule has 0 radical (unpaired) electrons. The molecule has 9 heteroatoms. The summed E-state index contributed by atoms with van der Waals surface area (Å²) in [5.74, 6) is 1.27. The Morgan fingerprint density at radius 1 is 1.13 bits per heavy atom. The van der Waals surface area contributed by atoms with Crippen LogP contribution < -0.4 is 20.1 Å². The van der Waals surface area contributed by atoms with E-state index in [0.717, 1.165) is 11.1 Å². The highest BCUT2D eigenvalue weighted by molar-refractivity contribution is 14.0. The lowest BCUT2D eigenvalue weighted by atomic mass is 10.1. The predicted octanol–water partition coefficient (Wildman–Crippen LogP) is 4.01. The molecule has 0 aliphatic heterocycles. The zero-order valence-electron chi connectivity index (χ0n) is 17.2. The number of halogens is 3. The molecule has 166 valence electrons. The monoisotopic (exact) mass is 535 g/mol. The quantitative estimate of drug-likeness (QED) is 0.257. The zero-order chi connectivity index (χ0) is 21.2. The fraction of sp³-hybridized carbons (Fsp3) is 0.381. The maximum atomic E-state index is 12.6. The van der Waals surface area contributed by atoms with Crippen molar-refractivity contribution in [2.45, 2.75) is 33.1 Å². The molecule has 0 heterocycles. The number of aliphatic hydroxyl groups excluding tert-OH is 1. The highest BCUT2D eigenvalue weighted by Crippen LogP contribution is 2.23. The van der Waals surface area contributed by atoms with E-state index in [2.05, 4.69) is 20.4 Å². The summed E-state index contributed by atoms with van der Waals surface area (Å²) in [5, 5.41) is 16.5. The smallest absolute Gasteiger partial charge is 0.387 e. The van der Waals surface area contributed by atoms with E-state index in [9.17, 15) is 13.9 Å². The second kappa shape index (κ2) is 13.2. The number of rotatable bonds is 9. The van der Waals surface area contributed by atoms with Crippen molar-refractivity contribution < 1.29 is 23.4 Å². The minimum atomic E-state index is -2.90. The van der Waals surface area contributed by atoms with Crippen LogP contribution in [0.5, 0.6) is 11.5 Å². The van der Waals surface area contributed by atoms with Crippen LogP contribution in [0.2, 0.25) is 0 Å². The molecular weight excluding hydrogens is 507 g/mol. The normalized spacial score (nSPS) is 12.2. The lowest BCUT2D eigenvalue weighted by Crippen LogP contribution is -2.39. The molecule has 0 aliphatic rings. The third kappa shape index (κ3) is 8.31. The van der Waals surface area contributed by atoms with Gasteiger partial charge in [-0.1, -0.05) is 29.8 Å². The summed E-state index contributed by atoms with van der Waals surface area (Å²) in [4.78, 5) is 4.42. The SMILES string of the molecule is CCNC(=NCc1cc(C)ccc1OC(F)F)NCC(O)c1ccc(OC)cc1.I. The Kier molecular flexibility index (Phi) is 11.4. The summed E-state index contributed by atoms with van der Waals surface area (Å²) < 4.78 is 34.9.